The van der Waals surface area contributed by atoms with Gasteiger partial charge < -0.3 is 9.47 Å². The van der Waals surface area contributed by atoms with Crippen molar-refractivity contribution in [1.82, 2.24) is 0 Å². The second-order valence-electron chi connectivity index (χ2n) is 3.93. The molecule has 0 unspecified atom stereocenters. The van der Waals surface area contributed by atoms with Gasteiger partial charge in [-0.3, -0.25) is 0 Å². The first-order valence-electron chi connectivity index (χ1n) is 6.11. The van der Waals surface area contributed by atoms with Crippen LogP contribution in [0.15, 0.2) is 60.7 Å². The third-order valence-electron chi connectivity index (χ3n) is 2.46. The average molecular weight is 241 g/mol. The second-order valence-corrected chi connectivity index (χ2v) is 3.93. The largest absolute Gasteiger partial charge is 0.455 e. The molecule has 0 aliphatic carbocycles. The third kappa shape index (κ3) is 3.81. The van der Waals surface area contributed by atoms with E-state index in [1.165, 1.54) is 0 Å². The Morgan fingerprint density at radius 1 is 0.778 bits per heavy atom. The summed E-state index contributed by atoms with van der Waals surface area (Å²) in [5.74, 6) is 1.62. The Kier molecular flexibility index (Phi) is 4.65. The van der Waals surface area contributed by atoms with E-state index in [2.05, 4.69) is 6.92 Å². The molecule has 0 spiro atoms. The van der Waals surface area contributed by atoms with Crippen molar-refractivity contribution in [3.63, 3.8) is 0 Å². The monoisotopic (exact) mass is 241 g/mol. The Hall–Kier alpha value is -1.96. The highest BCUT2D eigenvalue weighted by atomic mass is 16.7. The Morgan fingerprint density at radius 2 is 1.22 bits per heavy atom. The van der Waals surface area contributed by atoms with Gasteiger partial charge in [-0.05, 0) is 30.7 Å². The Labute approximate surface area is 108 Å². The first-order chi connectivity index (χ1) is 8.88. The number of hydrogen-bond donors (Lipinski definition) is 0. The lowest BCUT2D eigenvalue weighted by Gasteiger charge is -2.20. The van der Waals surface area contributed by atoms with Gasteiger partial charge in [0.15, 0.2) is 0 Å². The summed E-state index contributed by atoms with van der Waals surface area (Å²) in [6.45, 7) is 3.85. The molecule has 0 amide bonds. The van der Waals surface area contributed by atoms with E-state index in [-0.39, 0.29) is 6.29 Å². The van der Waals surface area contributed by atoms with E-state index in [0.717, 1.165) is 24.3 Å². The van der Waals surface area contributed by atoms with Crippen LogP contribution in [-0.4, -0.2) is 6.29 Å². The molecule has 2 nitrogen and oxygen atoms in total. The maximum Gasteiger partial charge on any atom is 0.241 e. The zero-order valence-electron chi connectivity index (χ0n) is 10.3. The quantitative estimate of drug-likeness (QED) is 0.709. The standard InChI is InChI=1S/C16H17O2/c1-2-9-16(17-14-10-5-3-6-11-14)18-15-12-7-4-8-13-15/h3-8,10-13,16H,1-2,9H2. The van der Waals surface area contributed by atoms with E-state index in [9.17, 15) is 0 Å². The topological polar surface area (TPSA) is 18.5 Å². The van der Waals surface area contributed by atoms with E-state index in [0.29, 0.717) is 0 Å². The summed E-state index contributed by atoms with van der Waals surface area (Å²) in [7, 11) is 0. The highest BCUT2D eigenvalue weighted by molar-refractivity contribution is 5.23. The molecule has 0 N–H and O–H groups in total. The van der Waals surface area contributed by atoms with Gasteiger partial charge in [0.05, 0.1) is 0 Å². The summed E-state index contributed by atoms with van der Waals surface area (Å²) in [4.78, 5) is 0. The highest BCUT2D eigenvalue weighted by Crippen LogP contribution is 2.17. The first-order valence-corrected chi connectivity index (χ1v) is 6.11. The van der Waals surface area contributed by atoms with Crippen molar-refractivity contribution >= 4 is 0 Å². The van der Waals surface area contributed by atoms with Crippen molar-refractivity contribution in [2.24, 2.45) is 0 Å². The number of rotatable bonds is 6. The fourth-order valence-corrected chi connectivity index (χ4v) is 1.61. The number of ether oxygens (including phenoxy) is 2. The van der Waals surface area contributed by atoms with Crippen molar-refractivity contribution in [2.45, 2.75) is 19.1 Å². The molecule has 0 aliphatic heterocycles. The SMILES string of the molecule is [CH2]CCC(Oc1ccccc1)Oc1ccccc1. The predicted octanol–water partition coefficient (Wildman–Crippen LogP) is 4.08. The molecule has 0 bridgehead atoms. The van der Waals surface area contributed by atoms with Gasteiger partial charge in [0, 0.05) is 6.42 Å². The summed E-state index contributed by atoms with van der Waals surface area (Å²) in [6, 6.07) is 19.4. The van der Waals surface area contributed by atoms with Crippen LogP contribution in [-0.2, 0) is 0 Å². The van der Waals surface area contributed by atoms with Gasteiger partial charge in [0.2, 0.25) is 6.29 Å². The molecule has 0 saturated heterocycles. The molecule has 0 saturated carbocycles. The van der Waals surface area contributed by atoms with Gasteiger partial charge in [-0.15, -0.1) is 0 Å². The molecule has 2 aromatic carbocycles. The van der Waals surface area contributed by atoms with Crippen molar-refractivity contribution < 1.29 is 9.47 Å². The van der Waals surface area contributed by atoms with Crippen LogP contribution in [0.1, 0.15) is 12.8 Å². The molecule has 2 aromatic rings. The van der Waals surface area contributed by atoms with Crippen LogP contribution in [0.2, 0.25) is 0 Å². The molecule has 0 heterocycles. The zero-order chi connectivity index (χ0) is 12.6. The van der Waals surface area contributed by atoms with Gasteiger partial charge >= 0.3 is 0 Å². The van der Waals surface area contributed by atoms with Crippen LogP contribution < -0.4 is 9.47 Å². The Morgan fingerprint density at radius 3 is 1.61 bits per heavy atom. The summed E-state index contributed by atoms with van der Waals surface area (Å²) in [5, 5.41) is 0. The van der Waals surface area contributed by atoms with E-state index in [1.807, 2.05) is 60.7 Å². The van der Waals surface area contributed by atoms with Crippen LogP contribution in [0.3, 0.4) is 0 Å². The molecule has 0 fully saturated rings. The van der Waals surface area contributed by atoms with Crippen LogP contribution in [0.4, 0.5) is 0 Å². The normalized spacial score (nSPS) is 10.3. The minimum atomic E-state index is -0.299. The molecule has 1 radical (unpaired) electrons. The molecular weight excluding hydrogens is 224 g/mol. The molecule has 93 valence electrons. The van der Waals surface area contributed by atoms with Crippen LogP contribution >= 0.6 is 0 Å². The molecule has 0 aromatic heterocycles. The van der Waals surface area contributed by atoms with E-state index >= 15 is 0 Å². The fourth-order valence-electron chi connectivity index (χ4n) is 1.61. The van der Waals surface area contributed by atoms with Crippen LogP contribution in [0.5, 0.6) is 11.5 Å². The van der Waals surface area contributed by atoms with Gasteiger partial charge in [-0.25, -0.2) is 0 Å². The maximum absolute atomic E-state index is 5.80. The molecule has 0 aliphatic rings. The molecule has 2 heteroatoms. The fraction of sp³-hybridized carbons (Fsp3) is 0.188. The van der Waals surface area contributed by atoms with Gasteiger partial charge in [0.1, 0.15) is 11.5 Å². The van der Waals surface area contributed by atoms with E-state index in [1.54, 1.807) is 0 Å². The Balaban J connectivity index is 2.00. The minimum absolute atomic E-state index is 0.299. The molecule has 0 atom stereocenters. The number of para-hydroxylation sites is 2. The van der Waals surface area contributed by atoms with Crippen molar-refractivity contribution in [2.75, 3.05) is 0 Å². The molecule has 2 rings (SSSR count). The second kappa shape index (κ2) is 6.70. The summed E-state index contributed by atoms with van der Waals surface area (Å²) in [5.41, 5.74) is 0. The smallest absolute Gasteiger partial charge is 0.241 e. The molecular formula is C16H17O2. The van der Waals surface area contributed by atoms with E-state index in [4.69, 9.17) is 9.47 Å². The summed E-state index contributed by atoms with van der Waals surface area (Å²) < 4.78 is 11.6. The van der Waals surface area contributed by atoms with Crippen molar-refractivity contribution in [1.29, 1.82) is 0 Å². The lowest BCUT2D eigenvalue weighted by atomic mass is 10.3. The van der Waals surface area contributed by atoms with Gasteiger partial charge in [-0.1, -0.05) is 43.3 Å². The van der Waals surface area contributed by atoms with Gasteiger partial charge in [0.25, 0.3) is 0 Å². The van der Waals surface area contributed by atoms with Gasteiger partial charge in [-0.2, -0.15) is 0 Å². The third-order valence-corrected chi connectivity index (χ3v) is 2.46. The van der Waals surface area contributed by atoms with E-state index < -0.39 is 0 Å². The van der Waals surface area contributed by atoms with Crippen LogP contribution in [0.25, 0.3) is 0 Å². The lowest BCUT2D eigenvalue weighted by molar-refractivity contribution is 0.000123. The predicted molar refractivity (Wildman–Crippen MR) is 72.5 cm³/mol. The zero-order valence-corrected chi connectivity index (χ0v) is 10.3. The maximum atomic E-state index is 5.80. The van der Waals surface area contributed by atoms with Crippen molar-refractivity contribution in [3.05, 3.63) is 67.6 Å². The minimum Gasteiger partial charge on any atom is -0.455 e. The average Bonchev–Trinajstić information content (AvgIpc) is 2.41. The van der Waals surface area contributed by atoms with Crippen molar-refractivity contribution in [3.8, 4) is 11.5 Å². The molecule has 18 heavy (non-hydrogen) atoms. The van der Waals surface area contributed by atoms with Crippen LogP contribution in [0, 0.1) is 6.92 Å². The Bertz CT molecular complexity index is 398. The number of hydrogen-bond acceptors (Lipinski definition) is 2. The lowest BCUT2D eigenvalue weighted by Crippen LogP contribution is -2.23. The first kappa shape index (κ1) is 12.5. The summed E-state index contributed by atoms with van der Waals surface area (Å²) in [6.07, 6.45) is 1.22. The number of benzene rings is 2. The summed E-state index contributed by atoms with van der Waals surface area (Å²) >= 11 is 0. The highest BCUT2D eigenvalue weighted by Gasteiger charge is 2.10.